The molecule has 0 saturated heterocycles. The van der Waals surface area contributed by atoms with Crippen molar-refractivity contribution in [3.63, 3.8) is 0 Å². The van der Waals surface area contributed by atoms with E-state index in [1.54, 1.807) is 0 Å². The summed E-state index contributed by atoms with van der Waals surface area (Å²) in [6.45, 7) is 10.9. The minimum absolute atomic E-state index is 0.124. The molecule has 0 spiro atoms. The second kappa shape index (κ2) is 5.94. The SMILES string of the molecule is CC(C)c1ccc2[nH]c(-c3ccc(C(C)(C)C)cc3)c(C=O)c2c1. The molecule has 1 aromatic heterocycles. The van der Waals surface area contributed by atoms with Gasteiger partial charge in [0.05, 0.1) is 5.69 Å². The highest BCUT2D eigenvalue weighted by atomic mass is 16.1. The Balaban J connectivity index is 2.14. The summed E-state index contributed by atoms with van der Waals surface area (Å²) >= 11 is 0. The first-order valence-corrected chi connectivity index (χ1v) is 8.53. The van der Waals surface area contributed by atoms with Gasteiger partial charge in [0.1, 0.15) is 0 Å². The summed E-state index contributed by atoms with van der Waals surface area (Å²) in [5.41, 5.74) is 6.37. The van der Waals surface area contributed by atoms with Gasteiger partial charge in [0, 0.05) is 16.5 Å². The highest BCUT2D eigenvalue weighted by Crippen LogP contribution is 2.32. The summed E-state index contributed by atoms with van der Waals surface area (Å²) < 4.78 is 0. The predicted octanol–water partition coefficient (Wildman–Crippen LogP) is 6.07. The van der Waals surface area contributed by atoms with Gasteiger partial charge in [0.15, 0.2) is 6.29 Å². The van der Waals surface area contributed by atoms with Crippen LogP contribution in [0.25, 0.3) is 22.2 Å². The van der Waals surface area contributed by atoms with Crippen molar-refractivity contribution >= 4 is 17.2 Å². The zero-order chi connectivity index (χ0) is 17.5. The van der Waals surface area contributed by atoms with Gasteiger partial charge in [-0.3, -0.25) is 4.79 Å². The molecule has 0 bridgehead atoms. The number of benzene rings is 2. The Labute approximate surface area is 143 Å². The van der Waals surface area contributed by atoms with Gasteiger partial charge in [-0.1, -0.05) is 65.0 Å². The number of rotatable bonds is 3. The van der Waals surface area contributed by atoms with E-state index in [-0.39, 0.29) is 5.41 Å². The van der Waals surface area contributed by atoms with Gasteiger partial charge in [-0.2, -0.15) is 0 Å². The molecule has 2 aromatic carbocycles. The monoisotopic (exact) mass is 319 g/mol. The van der Waals surface area contributed by atoms with Crippen LogP contribution in [0.1, 0.15) is 62.0 Å². The fourth-order valence-electron chi connectivity index (χ4n) is 3.08. The zero-order valence-electron chi connectivity index (χ0n) is 15.1. The fourth-order valence-corrected chi connectivity index (χ4v) is 3.08. The molecule has 0 atom stereocenters. The molecule has 0 aliphatic heterocycles. The van der Waals surface area contributed by atoms with E-state index in [0.29, 0.717) is 5.92 Å². The van der Waals surface area contributed by atoms with Gasteiger partial charge in [-0.25, -0.2) is 0 Å². The quantitative estimate of drug-likeness (QED) is 0.584. The number of aldehydes is 1. The molecule has 3 aromatic rings. The summed E-state index contributed by atoms with van der Waals surface area (Å²) in [5.74, 6) is 0.443. The Bertz CT molecular complexity index is 877. The number of fused-ring (bicyclic) bond motifs is 1. The molecule has 1 heterocycles. The lowest BCUT2D eigenvalue weighted by Gasteiger charge is -2.19. The Morgan fingerprint density at radius 1 is 1.00 bits per heavy atom. The predicted molar refractivity (Wildman–Crippen MR) is 102 cm³/mol. The number of aromatic amines is 1. The number of nitrogens with one attached hydrogen (secondary N) is 1. The van der Waals surface area contributed by atoms with Crippen LogP contribution >= 0.6 is 0 Å². The lowest BCUT2D eigenvalue weighted by Crippen LogP contribution is -2.10. The van der Waals surface area contributed by atoms with Crippen LogP contribution in [0.15, 0.2) is 42.5 Å². The minimum atomic E-state index is 0.124. The van der Waals surface area contributed by atoms with Crippen molar-refractivity contribution < 1.29 is 4.79 Å². The molecule has 2 heteroatoms. The third kappa shape index (κ3) is 2.89. The van der Waals surface area contributed by atoms with E-state index in [1.807, 2.05) is 0 Å². The Morgan fingerprint density at radius 3 is 2.21 bits per heavy atom. The number of hydrogen-bond acceptors (Lipinski definition) is 1. The van der Waals surface area contributed by atoms with Crippen molar-refractivity contribution in [1.82, 2.24) is 4.98 Å². The summed E-state index contributed by atoms with van der Waals surface area (Å²) in [7, 11) is 0. The summed E-state index contributed by atoms with van der Waals surface area (Å²) in [4.78, 5) is 15.2. The van der Waals surface area contributed by atoms with E-state index in [4.69, 9.17) is 0 Å². The van der Waals surface area contributed by atoms with Crippen molar-refractivity contribution in [2.75, 3.05) is 0 Å². The highest BCUT2D eigenvalue weighted by Gasteiger charge is 2.16. The third-order valence-corrected chi connectivity index (χ3v) is 4.69. The van der Waals surface area contributed by atoms with Crippen LogP contribution in [0.5, 0.6) is 0 Å². The Morgan fingerprint density at radius 2 is 1.67 bits per heavy atom. The first-order valence-electron chi connectivity index (χ1n) is 8.53. The van der Waals surface area contributed by atoms with Gasteiger partial charge < -0.3 is 4.98 Å². The van der Waals surface area contributed by atoms with Crippen molar-refractivity contribution in [2.24, 2.45) is 0 Å². The van der Waals surface area contributed by atoms with Crippen molar-refractivity contribution in [2.45, 2.75) is 46.0 Å². The number of aromatic nitrogens is 1. The molecule has 0 radical (unpaired) electrons. The first-order chi connectivity index (χ1) is 11.3. The van der Waals surface area contributed by atoms with Gasteiger partial charge >= 0.3 is 0 Å². The second-order valence-electron chi connectivity index (χ2n) is 7.82. The van der Waals surface area contributed by atoms with Gasteiger partial charge in [-0.05, 0) is 40.2 Å². The largest absolute Gasteiger partial charge is 0.354 e. The van der Waals surface area contributed by atoms with Crippen LogP contribution in [0.3, 0.4) is 0 Å². The number of carbonyl (C=O) groups is 1. The average Bonchev–Trinajstić information content (AvgIpc) is 2.91. The van der Waals surface area contributed by atoms with Crippen LogP contribution < -0.4 is 0 Å². The maximum atomic E-state index is 11.8. The smallest absolute Gasteiger partial charge is 0.152 e. The topological polar surface area (TPSA) is 32.9 Å². The van der Waals surface area contributed by atoms with E-state index in [0.717, 1.165) is 34.0 Å². The summed E-state index contributed by atoms with van der Waals surface area (Å²) in [6, 6.07) is 14.8. The van der Waals surface area contributed by atoms with Gasteiger partial charge in [0.25, 0.3) is 0 Å². The molecule has 0 amide bonds. The molecule has 3 rings (SSSR count). The van der Waals surface area contributed by atoms with E-state index in [2.05, 4.69) is 82.1 Å². The van der Waals surface area contributed by atoms with Crippen molar-refractivity contribution in [3.8, 4) is 11.3 Å². The maximum absolute atomic E-state index is 11.8. The van der Waals surface area contributed by atoms with Crippen LogP contribution in [-0.4, -0.2) is 11.3 Å². The Hall–Kier alpha value is -2.35. The Kier molecular flexibility index (Phi) is 4.08. The molecule has 0 unspecified atom stereocenters. The number of hydrogen-bond donors (Lipinski definition) is 1. The summed E-state index contributed by atoms with van der Waals surface area (Å²) in [5, 5.41) is 1.01. The number of carbonyl (C=O) groups excluding carboxylic acids is 1. The van der Waals surface area contributed by atoms with Crippen LogP contribution in [0, 0.1) is 0 Å². The fraction of sp³-hybridized carbons (Fsp3) is 0.318. The van der Waals surface area contributed by atoms with E-state index < -0.39 is 0 Å². The first kappa shape index (κ1) is 16.5. The maximum Gasteiger partial charge on any atom is 0.152 e. The zero-order valence-corrected chi connectivity index (χ0v) is 15.1. The average molecular weight is 319 g/mol. The second-order valence-corrected chi connectivity index (χ2v) is 7.82. The minimum Gasteiger partial charge on any atom is -0.354 e. The van der Waals surface area contributed by atoms with Crippen LogP contribution in [-0.2, 0) is 5.41 Å². The van der Waals surface area contributed by atoms with Crippen LogP contribution in [0.4, 0.5) is 0 Å². The molecule has 24 heavy (non-hydrogen) atoms. The van der Waals surface area contributed by atoms with Crippen molar-refractivity contribution in [1.29, 1.82) is 0 Å². The molecule has 0 saturated carbocycles. The van der Waals surface area contributed by atoms with Gasteiger partial charge in [0.2, 0.25) is 0 Å². The standard InChI is InChI=1S/C22H25NO/c1-14(2)16-8-11-20-18(12-16)19(13-24)21(23-20)15-6-9-17(10-7-15)22(3,4)5/h6-14,23H,1-5H3. The third-order valence-electron chi connectivity index (χ3n) is 4.69. The van der Waals surface area contributed by atoms with E-state index >= 15 is 0 Å². The molecule has 0 aliphatic rings. The molecule has 2 nitrogen and oxygen atoms in total. The molecule has 0 aliphatic carbocycles. The number of H-pyrrole nitrogens is 1. The van der Waals surface area contributed by atoms with Crippen molar-refractivity contribution in [3.05, 3.63) is 59.2 Å². The lowest BCUT2D eigenvalue weighted by atomic mass is 9.86. The molecule has 1 N–H and O–H groups in total. The molecule has 124 valence electrons. The van der Waals surface area contributed by atoms with E-state index in [1.165, 1.54) is 11.1 Å². The van der Waals surface area contributed by atoms with E-state index in [9.17, 15) is 4.79 Å². The highest BCUT2D eigenvalue weighted by molar-refractivity contribution is 6.04. The molecular weight excluding hydrogens is 294 g/mol. The molecular formula is C22H25NO. The van der Waals surface area contributed by atoms with Crippen LogP contribution in [0.2, 0.25) is 0 Å². The lowest BCUT2D eigenvalue weighted by molar-refractivity contribution is 0.112. The van der Waals surface area contributed by atoms with Gasteiger partial charge in [-0.15, -0.1) is 0 Å². The summed E-state index contributed by atoms with van der Waals surface area (Å²) in [6.07, 6.45) is 0.968. The molecule has 0 fully saturated rings. The normalized spacial score (nSPS) is 12.1.